The summed E-state index contributed by atoms with van der Waals surface area (Å²) in [5.41, 5.74) is 0. The number of carbonyl (C=O) groups is 1. The lowest BCUT2D eigenvalue weighted by Gasteiger charge is -2.35. The van der Waals surface area contributed by atoms with E-state index in [0.717, 1.165) is 58.2 Å². The van der Waals surface area contributed by atoms with Gasteiger partial charge in [-0.3, -0.25) is 4.79 Å². The first-order valence-corrected chi connectivity index (χ1v) is 11.3. The van der Waals surface area contributed by atoms with Gasteiger partial charge in [-0.1, -0.05) is 32.1 Å². The third-order valence-electron chi connectivity index (χ3n) is 6.05. The van der Waals surface area contributed by atoms with E-state index >= 15 is 0 Å². The van der Waals surface area contributed by atoms with Gasteiger partial charge < -0.3 is 24.6 Å². The number of hydrogen-bond acceptors (Lipinski definition) is 6. The fraction of sp³-hybridized carbons (Fsp3) is 0.955. The number of piperidine rings is 1. The Morgan fingerprint density at radius 2 is 1.79 bits per heavy atom. The number of nitrogens with one attached hydrogen (secondary N) is 1. The van der Waals surface area contributed by atoms with Crippen LogP contribution in [0, 0.1) is 0 Å². The van der Waals surface area contributed by atoms with E-state index in [1.165, 1.54) is 32.6 Å². The van der Waals surface area contributed by atoms with Crippen LogP contribution in [0.4, 0.5) is 0 Å². The Balaban J connectivity index is 1.44. The summed E-state index contributed by atoms with van der Waals surface area (Å²) in [7, 11) is 0. The molecule has 2 aliphatic rings. The van der Waals surface area contributed by atoms with Crippen molar-refractivity contribution >= 4 is 5.97 Å². The van der Waals surface area contributed by atoms with E-state index in [2.05, 4.69) is 12.2 Å². The Bertz CT molecular complexity index is 452. The summed E-state index contributed by atoms with van der Waals surface area (Å²) in [5, 5.41) is 13.8. The fourth-order valence-corrected chi connectivity index (χ4v) is 4.42. The molecule has 0 radical (unpaired) electrons. The zero-order chi connectivity index (χ0) is 20.4. The average Bonchev–Trinajstić information content (AvgIpc) is 3.06. The molecule has 0 aliphatic carbocycles. The quantitative estimate of drug-likeness (QED) is 0.385. The van der Waals surface area contributed by atoms with E-state index in [1.54, 1.807) is 0 Å². The van der Waals surface area contributed by atoms with Gasteiger partial charge in [0.1, 0.15) is 6.10 Å². The minimum atomic E-state index is -0.340. The van der Waals surface area contributed by atoms with Crippen molar-refractivity contribution in [3.05, 3.63) is 0 Å². The topological polar surface area (TPSA) is 77.0 Å². The fourth-order valence-electron chi connectivity index (χ4n) is 4.42. The Morgan fingerprint density at radius 1 is 1.14 bits per heavy atom. The van der Waals surface area contributed by atoms with Crippen LogP contribution in [0.3, 0.4) is 0 Å². The predicted molar refractivity (Wildman–Crippen MR) is 109 cm³/mol. The summed E-state index contributed by atoms with van der Waals surface area (Å²) >= 11 is 0. The molecule has 0 bridgehead atoms. The molecule has 2 fully saturated rings. The molecule has 2 N–H and O–H groups in total. The molecule has 2 rings (SSSR count). The standard InChI is InChI=1S/C22H41NO5/c1-17-21(28-18(2)24)12-11-19(23-17)16-20(25)10-8-6-4-5-7-9-13-22(3)26-14-15-27-22/h17,19-21,23,25H,4-16H2,1-3H3/t17-,19-,20+,21-/m1/s1. The molecule has 0 aromatic rings. The summed E-state index contributed by atoms with van der Waals surface area (Å²) < 4.78 is 16.6. The van der Waals surface area contributed by atoms with Crippen LogP contribution in [0.1, 0.15) is 91.4 Å². The lowest BCUT2D eigenvalue weighted by Crippen LogP contribution is -2.51. The van der Waals surface area contributed by atoms with Crippen LogP contribution in [0.5, 0.6) is 0 Å². The molecule has 4 atom stereocenters. The third-order valence-corrected chi connectivity index (χ3v) is 6.05. The van der Waals surface area contributed by atoms with Crippen molar-refractivity contribution in [1.82, 2.24) is 5.32 Å². The molecule has 0 aromatic carbocycles. The number of unbranched alkanes of at least 4 members (excludes halogenated alkanes) is 5. The second-order valence-electron chi connectivity index (χ2n) is 8.76. The normalized spacial score (nSPS) is 28.2. The summed E-state index contributed by atoms with van der Waals surface area (Å²) in [6.07, 6.45) is 11.3. The van der Waals surface area contributed by atoms with Gasteiger partial charge in [-0.15, -0.1) is 0 Å². The molecule has 2 heterocycles. The minimum Gasteiger partial charge on any atom is -0.461 e. The number of carbonyl (C=O) groups excluding carboxylic acids is 1. The molecule has 0 spiro atoms. The summed E-state index contributed by atoms with van der Waals surface area (Å²) in [6, 6.07) is 0.468. The van der Waals surface area contributed by atoms with Crippen molar-refractivity contribution in [2.24, 2.45) is 0 Å². The molecule has 0 aromatic heterocycles. The van der Waals surface area contributed by atoms with E-state index < -0.39 is 0 Å². The van der Waals surface area contributed by atoms with Gasteiger partial charge in [-0.25, -0.2) is 0 Å². The maximum Gasteiger partial charge on any atom is 0.302 e. The van der Waals surface area contributed by atoms with Crippen molar-refractivity contribution < 1.29 is 24.1 Å². The van der Waals surface area contributed by atoms with Gasteiger partial charge >= 0.3 is 5.97 Å². The van der Waals surface area contributed by atoms with Gasteiger partial charge in [0.25, 0.3) is 0 Å². The predicted octanol–water partition coefficient (Wildman–Crippen LogP) is 3.69. The highest BCUT2D eigenvalue weighted by Crippen LogP contribution is 2.25. The number of aliphatic hydroxyl groups excluding tert-OH is 1. The van der Waals surface area contributed by atoms with Crippen LogP contribution in [0.2, 0.25) is 0 Å². The van der Waals surface area contributed by atoms with Crippen LogP contribution < -0.4 is 5.32 Å². The Morgan fingerprint density at radius 3 is 2.43 bits per heavy atom. The second kappa shape index (κ2) is 12.1. The first-order chi connectivity index (χ1) is 13.4. The summed E-state index contributed by atoms with van der Waals surface area (Å²) in [6.45, 7) is 7.00. The number of rotatable bonds is 12. The summed E-state index contributed by atoms with van der Waals surface area (Å²) in [4.78, 5) is 11.1. The lowest BCUT2D eigenvalue weighted by molar-refractivity contribution is -0.149. The van der Waals surface area contributed by atoms with Gasteiger partial charge in [-0.2, -0.15) is 0 Å². The highest BCUT2D eigenvalue weighted by Gasteiger charge is 2.30. The molecule has 0 saturated carbocycles. The largest absolute Gasteiger partial charge is 0.461 e. The van der Waals surface area contributed by atoms with Gasteiger partial charge in [0.05, 0.1) is 19.3 Å². The molecule has 6 heteroatoms. The van der Waals surface area contributed by atoms with Crippen LogP contribution in [-0.2, 0) is 19.0 Å². The zero-order valence-corrected chi connectivity index (χ0v) is 18.1. The van der Waals surface area contributed by atoms with Crippen LogP contribution in [-0.4, -0.2) is 54.4 Å². The molecule has 164 valence electrons. The van der Waals surface area contributed by atoms with Gasteiger partial charge in [0.2, 0.25) is 0 Å². The minimum absolute atomic E-state index is 0.0414. The Hall–Kier alpha value is -0.690. The van der Waals surface area contributed by atoms with Crippen molar-refractivity contribution in [2.75, 3.05) is 13.2 Å². The van der Waals surface area contributed by atoms with Crippen LogP contribution in [0.25, 0.3) is 0 Å². The monoisotopic (exact) mass is 399 g/mol. The van der Waals surface area contributed by atoms with Crippen LogP contribution >= 0.6 is 0 Å². The SMILES string of the molecule is CC(=O)O[C@@H]1CC[C@H](C[C@@H](O)CCCCCCCCC2(C)OCCO2)N[C@@H]1C. The number of aliphatic hydroxyl groups is 1. The number of hydrogen-bond donors (Lipinski definition) is 2. The first-order valence-electron chi connectivity index (χ1n) is 11.3. The number of esters is 1. The Kier molecular flexibility index (Phi) is 10.2. The van der Waals surface area contributed by atoms with Crippen LogP contribution in [0.15, 0.2) is 0 Å². The molecule has 2 saturated heterocycles. The molecule has 0 unspecified atom stereocenters. The first kappa shape index (κ1) is 23.6. The summed E-state index contributed by atoms with van der Waals surface area (Å²) in [5.74, 6) is -0.556. The zero-order valence-electron chi connectivity index (χ0n) is 18.1. The van der Waals surface area contributed by atoms with Gasteiger partial charge in [-0.05, 0) is 46.0 Å². The van der Waals surface area contributed by atoms with Crippen molar-refractivity contribution in [3.63, 3.8) is 0 Å². The van der Waals surface area contributed by atoms with E-state index in [-0.39, 0.29) is 30.0 Å². The van der Waals surface area contributed by atoms with Gasteiger partial charge in [0, 0.05) is 25.4 Å². The molecule has 6 nitrogen and oxygen atoms in total. The average molecular weight is 400 g/mol. The van der Waals surface area contributed by atoms with Crippen molar-refractivity contribution in [3.8, 4) is 0 Å². The smallest absolute Gasteiger partial charge is 0.302 e. The Labute approximate surface area is 170 Å². The highest BCUT2D eigenvalue weighted by atomic mass is 16.7. The molecule has 0 amide bonds. The number of ether oxygens (including phenoxy) is 3. The van der Waals surface area contributed by atoms with E-state index in [9.17, 15) is 9.90 Å². The molecule has 28 heavy (non-hydrogen) atoms. The van der Waals surface area contributed by atoms with Gasteiger partial charge in [0.15, 0.2) is 5.79 Å². The molecular formula is C22H41NO5. The van der Waals surface area contributed by atoms with E-state index in [0.29, 0.717) is 6.04 Å². The van der Waals surface area contributed by atoms with Crippen molar-refractivity contribution in [2.45, 2.75) is 121 Å². The molecular weight excluding hydrogens is 358 g/mol. The second-order valence-corrected chi connectivity index (χ2v) is 8.76. The van der Waals surface area contributed by atoms with E-state index in [4.69, 9.17) is 14.2 Å². The highest BCUT2D eigenvalue weighted by molar-refractivity contribution is 5.66. The van der Waals surface area contributed by atoms with Crippen molar-refractivity contribution in [1.29, 1.82) is 0 Å². The van der Waals surface area contributed by atoms with E-state index in [1.807, 2.05) is 6.92 Å². The molecule has 2 aliphatic heterocycles. The lowest BCUT2D eigenvalue weighted by atomic mass is 9.92. The third kappa shape index (κ3) is 8.76. The maximum absolute atomic E-state index is 11.1. The maximum atomic E-state index is 11.1.